The minimum absolute atomic E-state index is 0.144. The van der Waals surface area contributed by atoms with Crippen molar-refractivity contribution >= 4 is 5.69 Å². The highest BCUT2D eigenvalue weighted by Crippen LogP contribution is 2.71. The fourth-order valence-electron chi connectivity index (χ4n) is 10.3. The molecule has 1 aliphatic carbocycles. The molecular weight excluding hydrogens is 398 g/mol. The van der Waals surface area contributed by atoms with E-state index in [1.54, 1.807) is 0 Å². The van der Waals surface area contributed by atoms with E-state index in [-0.39, 0.29) is 17.7 Å². The average Bonchev–Trinajstić information content (AvgIpc) is 3.21. The molecule has 8 rings (SSSR count). The maximum absolute atomic E-state index is 12.1. The molecule has 7 aliphatic rings. The van der Waals surface area contributed by atoms with Gasteiger partial charge in [0.25, 0.3) is 0 Å². The van der Waals surface area contributed by atoms with Crippen LogP contribution in [0, 0.1) is 17.8 Å². The Hall–Kier alpha value is -1.14. The molecule has 174 valence electrons. The van der Waals surface area contributed by atoms with Gasteiger partial charge in [-0.15, -0.1) is 0 Å². The van der Waals surface area contributed by atoms with Crippen LogP contribution in [0.3, 0.4) is 0 Å². The molecule has 6 fully saturated rings. The van der Waals surface area contributed by atoms with Crippen LogP contribution in [0.4, 0.5) is 5.69 Å². The largest absolute Gasteiger partial charge is 0.392 e. The molecule has 0 radical (unpaired) electrons. The van der Waals surface area contributed by atoms with Gasteiger partial charge in [0, 0.05) is 44.0 Å². The number of benzene rings is 1. The van der Waals surface area contributed by atoms with Crippen molar-refractivity contribution in [2.45, 2.75) is 81.3 Å². The van der Waals surface area contributed by atoms with E-state index in [2.05, 4.69) is 48.0 Å². The van der Waals surface area contributed by atoms with E-state index in [9.17, 15) is 10.2 Å². The Kier molecular flexibility index (Phi) is 4.25. The minimum atomic E-state index is -0.282. The number of hydrogen-bond acceptors (Lipinski definition) is 4. The van der Waals surface area contributed by atoms with Crippen LogP contribution >= 0.6 is 0 Å². The Morgan fingerprint density at radius 2 is 1.88 bits per heavy atom. The highest BCUT2D eigenvalue weighted by atomic mass is 16.3. The molecule has 5 heteroatoms. The van der Waals surface area contributed by atoms with Gasteiger partial charge in [-0.2, -0.15) is 0 Å². The summed E-state index contributed by atoms with van der Waals surface area (Å²) in [6.45, 7) is 6.86. The molecule has 6 aliphatic heterocycles. The fourth-order valence-corrected chi connectivity index (χ4v) is 10.3. The third-order valence-electron chi connectivity index (χ3n) is 11.4. The van der Waals surface area contributed by atoms with Crippen LogP contribution in [-0.2, 0) is 5.41 Å². The molecule has 1 aromatic rings. The smallest absolute Gasteiger partial charge is 0.194 e. The zero-order chi connectivity index (χ0) is 21.8. The summed E-state index contributed by atoms with van der Waals surface area (Å²) in [7, 11) is 2.26. The van der Waals surface area contributed by atoms with Gasteiger partial charge < -0.3 is 15.1 Å². The van der Waals surface area contributed by atoms with Crippen LogP contribution in [0.2, 0.25) is 0 Å². The molecule has 5 saturated heterocycles. The Bertz CT molecular complexity index is 918. The number of anilines is 1. The Morgan fingerprint density at radius 1 is 1.09 bits per heavy atom. The Labute approximate surface area is 192 Å². The number of aliphatic hydroxyl groups excluding tert-OH is 2. The summed E-state index contributed by atoms with van der Waals surface area (Å²) in [6, 6.07) is 10.0. The molecule has 5 nitrogen and oxygen atoms in total. The topological polar surface area (TPSA) is 46.9 Å². The predicted octanol–water partition coefficient (Wildman–Crippen LogP) is 2.56. The van der Waals surface area contributed by atoms with Gasteiger partial charge in [0.05, 0.1) is 30.1 Å². The van der Waals surface area contributed by atoms with Crippen molar-refractivity contribution in [3.05, 3.63) is 29.8 Å². The van der Waals surface area contributed by atoms with Gasteiger partial charge in [0.1, 0.15) is 6.04 Å². The molecule has 6 heterocycles. The van der Waals surface area contributed by atoms with Gasteiger partial charge in [-0.25, -0.2) is 0 Å². The first-order valence-electron chi connectivity index (χ1n) is 13.3. The number of aliphatic hydroxyl groups is 2. The third-order valence-corrected chi connectivity index (χ3v) is 11.4. The summed E-state index contributed by atoms with van der Waals surface area (Å²) in [5.74, 6) is 1.14. The van der Waals surface area contributed by atoms with E-state index in [0.717, 1.165) is 30.4 Å². The lowest BCUT2D eigenvalue weighted by molar-refractivity contribution is -1.04. The first kappa shape index (κ1) is 20.3. The monoisotopic (exact) mass is 438 g/mol. The molecule has 1 saturated carbocycles. The third kappa shape index (κ3) is 2.12. The Balaban J connectivity index is 1.36. The lowest BCUT2D eigenvalue weighted by atomic mass is 9.60. The van der Waals surface area contributed by atoms with E-state index in [1.165, 1.54) is 50.0 Å². The van der Waals surface area contributed by atoms with Crippen molar-refractivity contribution in [1.29, 1.82) is 0 Å². The van der Waals surface area contributed by atoms with Crippen molar-refractivity contribution < 1.29 is 14.7 Å². The van der Waals surface area contributed by atoms with E-state index in [1.807, 2.05) is 0 Å². The standard InChI is InChI=1S/C27H40N3O2/c1-3-17-18-15-21-24-27(19-9-5-6-10-20(19)28(24)2)16-22(23(18)25(27)31)30(21,26(17)32)14-13-29-11-7-4-8-12-29/h5-6,9-10,17-18,21-26,31-32H,3-4,7-8,11-16H2,1-2H3/q+1/t17-,18?,21-,22-,23?,24-,25?,26+,27?,30?/m0/s1. The number of rotatable bonds is 4. The second-order valence-corrected chi connectivity index (χ2v) is 12.0. The van der Waals surface area contributed by atoms with E-state index < -0.39 is 0 Å². The van der Waals surface area contributed by atoms with Crippen molar-refractivity contribution in [2.24, 2.45) is 17.8 Å². The predicted molar refractivity (Wildman–Crippen MR) is 125 cm³/mol. The normalized spacial score (nSPS) is 50.7. The fraction of sp³-hybridized carbons (Fsp3) is 0.778. The van der Waals surface area contributed by atoms with Crippen molar-refractivity contribution in [1.82, 2.24) is 4.90 Å². The van der Waals surface area contributed by atoms with Crippen LogP contribution in [0.1, 0.15) is 51.0 Å². The summed E-state index contributed by atoms with van der Waals surface area (Å²) in [6.07, 6.45) is 6.71. The Morgan fingerprint density at radius 3 is 2.66 bits per heavy atom. The first-order chi connectivity index (χ1) is 15.6. The highest BCUT2D eigenvalue weighted by Gasteiger charge is 2.82. The molecule has 1 aromatic carbocycles. The number of para-hydroxylation sites is 1. The molecule has 0 aromatic heterocycles. The number of nitrogens with zero attached hydrogens (tertiary/aromatic N) is 3. The van der Waals surface area contributed by atoms with Crippen LogP contribution in [0.15, 0.2) is 24.3 Å². The SMILES string of the molecule is CC[C@H]1C2C[C@H]3[C@@H]4N(C)c5ccccc5C45C[C@@H](C2C5O)[N+]3(CCN2CCCCC2)[C@@H]1O. The number of quaternary nitrogens is 1. The highest BCUT2D eigenvalue weighted by molar-refractivity contribution is 5.66. The van der Waals surface area contributed by atoms with E-state index >= 15 is 0 Å². The van der Waals surface area contributed by atoms with Crippen molar-refractivity contribution in [3.63, 3.8) is 0 Å². The van der Waals surface area contributed by atoms with Crippen LogP contribution in [0.25, 0.3) is 0 Å². The molecule has 5 unspecified atom stereocenters. The zero-order valence-electron chi connectivity index (χ0n) is 19.7. The van der Waals surface area contributed by atoms with Gasteiger partial charge in [0.15, 0.2) is 6.23 Å². The van der Waals surface area contributed by atoms with Gasteiger partial charge in [0.2, 0.25) is 0 Å². The van der Waals surface area contributed by atoms with E-state index in [4.69, 9.17) is 0 Å². The van der Waals surface area contributed by atoms with E-state index in [0.29, 0.717) is 35.9 Å². The number of fused-ring (bicyclic) bond motifs is 2. The molecule has 5 bridgehead atoms. The van der Waals surface area contributed by atoms with Crippen LogP contribution < -0.4 is 4.90 Å². The van der Waals surface area contributed by atoms with Gasteiger partial charge >= 0.3 is 0 Å². The summed E-state index contributed by atoms with van der Waals surface area (Å²) in [5, 5.41) is 24.2. The summed E-state index contributed by atoms with van der Waals surface area (Å²) >= 11 is 0. The summed E-state index contributed by atoms with van der Waals surface area (Å²) in [5.41, 5.74) is 2.56. The molecule has 2 N–H and O–H groups in total. The van der Waals surface area contributed by atoms with Crippen molar-refractivity contribution in [3.8, 4) is 0 Å². The van der Waals surface area contributed by atoms with Gasteiger partial charge in [-0.3, -0.25) is 9.38 Å². The lowest BCUT2D eigenvalue weighted by Crippen LogP contribution is -2.83. The maximum atomic E-state index is 12.1. The second-order valence-electron chi connectivity index (χ2n) is 12.0. The number of likely N-dealkylation sites (tertiary alicyclic amines) is 1. The average molecular weight is 439 g/mol. The molecule has 10 atom stereocenters. The zero-order valence-corrected chi connectivity index (χ0v) is 19.7. The van der Waals surface area contributed by atoms with Gasteiger partial charge in [-0.05, 0) is 49.9 Å². The first-order valence-corrected chi connectivity index (χ1v) is 13.3. The summed E-state index contributed by atoms with van der Waals surface area (Å²) in [4.78, 5) is 5.17. The second kappa shape index (κ2) is 6.71. The number of hydrogen-bond donors (Lipinski definition) is 2. The van der Waals surface area contributed by atoms with Crippen LogP contribution in [0.5, 0.6) is 0 Å². The number of piperidine rings is 5. The molecular formula is C27H40N3O2+. The maximum Gasteiger partial charge on any atom is 0.194 e. The molecule has 32 heavy (non-hydrogen) atoms. The lowest BCUT2D eigenvalue weighted by Gasteiger charge is -2.68. The minimum Gasteiger partial charge on any atom is -0.392 e. The van der Waals surface area contributed by atoms with Crippen molar-refractivity contribution in [2.75, 3.05) is 38.1 Å². The van der Waals surface area contributed by atoms with Crippen LogP contribution in [-0.4, -0.2) is 83.3 Å². The number of likely N-dealkylation sites (N-methyl/N-ethyl adjacent to an activating group) is 1. The molecule has 1 spiro atoms. The quantitative estimate of drug-likeness (QED) is 0.710. The van der Waals surface area contributed by atoms with Gasteiger partial charge in [-0.1, -0.05) is 31.5 Å². The molecule has 0 amide bonds. The summed E-state index contributed by atoms with van der Waals surface area (Å²) < 4.78 is 0.873.